The van der Waals surface area contributed by atoms with E-state index in [0.717, 1.165) is 0 Å². The Morgan fingerprint density at radius 2 is 1.64 bits per heavy atom. The molecule has 0 aliphatic heterocycles. The molecule has 0 aromatic heterocycles. The number of hydrogen-bond acceptors (Lipinski definition) is 8. The Kier molecular flexibility index (Phi) is 11.8. The van der Waals surface area contributed by atoms with E-state index in [1.54, 1.807) is 6.26 Å². The predicted octanol–water partition coefficient (Wildman–Crippen LogP) is -2.91. The minimum atomic E-state index is -1.65. The molecule has 0 spiro atoms. The number of rotatable bonds is 13. The second kappa shape index (κ2) is 12.9. The Labute approximate surface area is 165 Å². The number of carboxylic acids is 2. The molecule has 0 saturated carbocycles. The predicted molar refractivity (Wildman–Crippen MR) is 99.4 cm³/mol. The lowest BCUT2D eigenvalue weighted by molar-refractivity contribution is -0.147. The highest BCUT2D eigenvalue weighted by Gasteiger charge is 2.28. The maximum atomic E-state index is 12.3. The first-order valence-electron chi connectivity index (χ1n) is 8.24. The molecule has 4 unspecified atom stereocenters. The lowest BCUT2D eigenvalue weighted by Crippen LogP contribution is -2.54. The van der Waals surface area contributed by atoms with Gasteiger partial charge in [0.05, 0.1) is 19.1 Å². The van der Waals surface area contributed by atoms with Gasteiger partial charge in [-0.2, -0.15) is 11.8 Å². The molecule has 0 aliphatic carbocycles. The summed E-state index contributed by atoms with van der Waals surface area (Å²) >= 11 is 1.38. The van der Waals surface area contributed by atoms with Crippen LogP contribution in [0, 0.1) is 0 Å². The van der Waals surface area contributed by atoms with Crippen LogP contribution in [-0.2, 0) is 24.0 Å². The molecule has 8 N–H and O–H groups in total. The third-order valence-corrected chi connectivity index (χ3v) is 4.15. The zero-order valence-electron chi connectivity index (χ0n) is 15.5. The fourth-order valence-corrected chi connectivity index (χ4v) is 2.37. The van der Waals surface area contributed by atoms with Crippen LogP contribution in [0.15, 0.2) is 0 Å². The van der Waals surface area contributed by atoms with Crippen LogP contribution < -0.4 is 21.7 Å². The van der Waals surface area contributed by atoms with Crippen LogP contribution in [0.25, 0.3) is 0 Å². The van der Waals surface area contributed by atoms with E-state index in [4.69, 9.17) is 15.9 Å². The molecule has 28 heavy (non-hydrogen) atoms. The number of amides is 3. The van der Waals surface area contributed by atoms with Gasteiger partial charge in [0.1, 0.15) is 18.1 Å². The topological polar surface area (TPSA) is 208 Å². The quantitative estimate of drug-likeness (QED) is 0.161. The zero-order valence-corrected chi connectivity index (χ0v) is 16.3. The molecular formula is C15H26N4O8S. The smallest absolute Gasteiger partial charge is 0.326 e. The number of carbonyl (C=O) groups is 5. The van der Waals surface area contributed by atoms with Crippen molar-refractivity contribution in [1.29, 1.82) is 0 Å². The van der Waals surface area contributed by atoms with Gasteiger partial charge in [-0.25, -0.2) is 4.79 Å². The average molecular weight is 422 g/mol. The summed E-state index contributed by atoms with van der Waals surface area (Å²) in [6, 6.07) is -4.00. The van der Waals surface area contributed by atoms with Crippen LogP contribution in [0.2, 0.25) is 0 Å². The first kappa shape index (κ1) is 25.6. The molecular weight excluding hydrogens is 396 g/mol. The minimum Gasteiger partial charge on any atom is -0.481 e. The normalized spacial score (nSPS) is 14.9. The number of nitrogens with two attached hydrogens (primary N) is 1. The maximum Gasteiger partial charge on any atom is 0.326 e. The van der Waals surface area contributed by atoms with E-state index in [9.17, 15) is 29.1 Å². The average Bonchev–Trinajstić information content (AvgIpc) is 2.60. The highest BCUT2D eigenvalue weighted by Crippen LogP contribution is 2.03. The van der Waals surface area contributed by atoms with Gasteiger partial charge in [0.2, 0.25) is 17.7 Å². The van der Waals surface area contributed by atoms with Gasteiger partial charge in [0.15, 0.2) is 0 Å². The molecule has 0 heterocycles. The van der Waals surface area contributed by atoms with Crippen LogP contribution in [0.3, 0.4) is 0 Å². The van der Waals surface area contributed by atoms with Crippen LogP contribution in [0.1, 0.15) is 19.8 Å². The second-order valence-corrected chi connectivity index (χ2v) is 6.87. The number of hydrogen-bond donors (Lipinski definition) is 7. The number of aliphatic hydroxyl groups is 1. The molecule has 0 radical (unpaired) electrons. The third-order valence-electron chi connectivity index (χ3n) is 3.50. The van der Waals surface area contributed by atoms with Gasteiger partial charge >= 0.3 is 11.9 Å². The Bertz CT molecular complexity index is 586. The van der Waals surface area contributed by atoms with Gasteiger partial charge in [-0.3, -0.25) is 19.2 Å². The lowest BCUT2D eigenvalue weighted by atomic mass is 10.1. The highest BCUT2D eigenvalue weighted by molar-refractivity contribution is 7.98. The summed E-state index contributed by atoms with van der Waals surface area (Å²) in [6.45, 7) is 0.795. The van der Waals surface area contributed by atoms with Crippen molar-refractivity contribution in [3.63, 3.8) is 0 Å². The van der Waals surface area contributed by atoms with Crippen molar-refractivity contribution >= 4 is 41.4 Å². The van der Waals surface area contributed by atoms with Crippen LogP contribution >= 0.6 is 11.8 Å². The van der Waals surface area contributed by atoms with Crippen LogP contribution in [0.4, 0.5) is 0 Å². The number of aliphatic hydroxyl groups excluding tert-OH is 1. The summed E-state index contributed by atoms with van der Waals surface area (Å²) in [5.74, 6) is -4.84. The molecule has 0 fully saturated rings. The number of thioether (sulfide) groups is 1. The van der Waals surface area contributed by atoms with E-state index >= 15 is 0 Å². The Morgan fingerprint density at radius 1 is 1.04 bits per heavy atom. The fraction of sp³-hybridized carbons (Fsp3) is 0.667. The summed E-state index contributed by atoms with van der Waals surface area (Å²) in [7, 11) is 0. The van der Waals surface area contributed by atoms with Crippen molar-refractivity contribution in [2.45, 2.75) is 44.0 Å². The number of nitrogens with one attached hydrogen (secondary N) is 3. The summed E-state index contributed by atoms with van der Waals surface area (Å²) in [5.41, 5.74) is 5.42. The Morgan fingerprint density at radius 3 is 2.11 bits per heavy atom. The van der Waals surface area contributed by atoms with Crippen LogP contribution in [-0.4, -0.2) is 87.8 Å². The summed E-state index contributed by atoms with van der Waals surface area (Å²) in [5, 5.41) is 33.6. The monoisotopic (exact) mass is 422 g/mol. The highest BCUT2D eigenvalue weighted by atomic mass is 32.2. The van der Waals surface area contributed by atoms with E-state index in [1.165, 1.54) is 18.7 Å². The van der Waals surface area contributed by atoms with Gasteiger partial charge in [0.25, 0.3) is 0 Å². The first-order valence-corrected chi connectivity index (χ1v) is 9.63. The number of carbonyl (C=O) groups excluding carboxylic acids is 3. The van der Waals surface area contributed by atoms with Gasteiger partial charge in [-0.1, -0.05) is 0 Å². The largest absolute Gasteiger partial charge is 0.481 e. The Balaban J connectivity index is 4.89. The van der Waals surface area contributed by atoms with E-state index in [1.807, 2.05) is 0 Å². The first-order chi connectivity index (χ1) is 13.0. The molecule has 0 aromatic carbocycles. The van der Waals surface area contributed by atoms with Crippen molar-refractivity contribution in [3.05, 3.63) is 0 Å². The molecule has 13 heteroatoms. The number of aliphatic carboxylic acids is 2. The third kappa shape index (κ3) is 10.1. The number of carboxylic acid groups (broad SMARTS) is 2. The van der Waals surface area contributed by atoms with Gasteiger partial charge in [-0.15, -0.1) is 0 Å². The molecule has 160 valence electrons. The van der Waals surface area contributed by atoms with Crippen molar-refractivity contribution in [1.82, 2.24) is 16.0 Å². The summed E-state index contributed by atoms with van der Waals surface area (Å²) in [4.78, 5) is 57.7. The molecule has 0 aromatic rings. The fourth-order valence-electron chi connectivity index (χ4n) is 1.90. The minimum absolute atomic E-state index is 0.152. The second-order valence-electron chi connectivity index (χ2n) is 5.88. The summed E-state index contributed by atoms with van der Waals surface area (Å²) < 4.78 is 0. The van der Waals surface area contributed by atoms with Crippen molar-refractivity contribution in [3.8, 4) is 0 Å². The maximum absolute atomic E-state index is 12.3. The van der Waals surface area contributed by atoms with Gasteiger partial charge in [-0.05, 0) is 25.4 Å². The van der Waals surface area contributed by atoms with E-state index in [-0.39, 0.29) is 6.42 Å². The van der Waals surface area contributed by atoms with Gasteiger partial charge < -0.3 is 37.0 Å². The van der Waals surface area contributed by atoms with E-state index < -0.39 is 66.9 Å². The molecule has 4 atom stereocenters. The Hall–Kier alpha value is -2.38. The van der Waals surface area contributed by atoms with Crippen LogP contribution in [0.5, 0.6) is 0 Å². The standard InChI is InChI=1S/C15H26N4O8S/c1-7(20)12(16)14(25)17-6-10(21)18-8(3-4-28-2)13(24)19-9(15(26)27)5-11(22)23/h7-9,12,20H,3-6,16H2,1-2H3,(H,17,25)(H,18,21)(H,19,24)(H,22,23)(H,26,27). The molecule has 0 aliphatic rings. The molecule has 3 amide bonds. The molecule has 0 rings (SSSR count). The molecule has 12 nitrogen and oxygen atoms in total. The van der Waals surface area contributed by atoms with Crippen molar-refractivity contribution in [2.75, 3.05) is 18.6 Å². The van der Waals surface area contributed by atoms with Crippen molar-refractivity contribution in [2.24, 2.45) is 5.73 Å². The van der Waals surface area contributed by atoms with E-state index in [2.05, 4.69) is 16.0 Å². The van der Waals surface area contributed by atoms with Crippen molar-refractivity contribution < 1.29 is 39.3 Å². The molecule has 0 bridgehead atoms. The summed E-state index contributed by atoms with van der Waals surface area (Å²) in [6.07, 6.45) is -0.0270. The lowest BCUT2D eigenvalue weighted by Gasteiger charge is -2.21. The SMILES string of the molecule is CSCCC(NC(=O)CNC(=O)C(N)C(C)O)C(=O)NC(CC(=O)O)C(=O)O. The van der Waals surface area contributed by atoms with Gasteiger partial charge in [0, 0.05) is 0 Å². The molecule has 0 saturated heterocycles. The zero-order chi connectivity index (χ0) is 21.9. The van der Waals surface area contributed by atoms with E-state index in [0.29, 0.717) is 5.75 Å².